The van der Waals surface area contributed by atoms with Gasteiger partial charge in [-0.25, -0.2) is 0 Å². The number of para-hydroxylation sites is 1. The molecule has 0 fully saturated rings. The normalized spacial score (nSPS) is 21.4. The molecule has 0 saturated heterocycles. The largest absolute Gasteiger partial charge is 0.359 e. The number of nitrogens with zero attached hydrogens (tertiary/aromatic N) is 1. The fraction of sp³-hybridized carbons (Fsp3) is 0.312. The van der Waals surface area contributed by atoms with Gasteiger partial charge >= 0.3 is 0 Å². The Bertz CT molecular complexity index is 533. The van der Waals surface area contributed by atoms with Crippen molar-refractivity contribution in [2.24, 2.45) is 5.73 Å². The van der Waals surface area contributed by atoms with Crippen molar-refractivity contribution in [3.8, 4) is 0 Å². The van der Waals surface area contributed by atoms with Crippen LogP contribution in [-0.2, 0) is 0 Å². The van der Waals surface area contributed by atoms with Crippen LogP contribution in [0.15, 0.2) is 51.8 Å². The van der Waals surface area contributed by atoms with Crippen LogP contribution in [0.1, 0.15) is 13.3 Å². The lowest BCUT2D eigenvalue weighted by Gasteiger charge is -2.40. The van der Waals surface area contributed by atoms with Gasteiger partial charge in [-0.3, -0.25) is 0 Å². The number of thioether (sulfide) groups is 1. The Labute approximate surface area is 119 Å². The predicted molar refractivity (Wildman–Crippen MR) is 83.2 cm³/mol. The molecule has 99 valence electrons. The second-order valence-corrected chi connectivity index (χ2v) is 6.11. The molecule has 1 heterocycles. The van der Waals surface area contributed by atoms with Gasteiger partial charge in [0.15, 0.2) is 0 Å². The molecule has 2 N–H and O–H groups in total. The van der Waals surface area contributed by atoms with E-state index in [1.165, 1.54) is 21.1 Å². The average molecular weight is 271 g/mol. The Kier molecular flexibility index (Phi) is 3.67. The lowest BCUT2D eigenvalue weighted by molar-refractivity contribution is 0.705. The molecular formula is C16H19N2S. The molecule has 3 rings (SSSR count). The Morgan fingerprint density at radius 1 is 1.32 bits per heavy atom. The summed E-state index contributed by atoms with van der Waals surface area (Å²) in [7, 11) is 0. The quantitative estimate of drug-likeness (QED) is 0.914. The number of hydrogen-bond acceptors (Lipinski definition) is 3. The second-order valence-electron chi connectivity index (χ2n) is 5.00. The van der Waals surface area contributed by atoms with E-state index < -0.39 is 0 Å². The Balaban J connectivity index is 2.00. The number of hydrogen-bond donors (Lipinski definition) is 1. The van der Waals surface area contributed by atoms with Crippen LogP contribution in [-0.4, -0.2) is 19.1 Å². The second kappa shape index (κ2) is 5.43. The number of rotatable bonds is 3. The smallest absolute Gasteiger partial charge is 0.0788 e. The Morgan fingerprint density at radius 2 is 2.16 bits per heavy atom. The molecule has 1 unspecified atom stereocenters. The summed E-state index contributed by atoms with van der Waals surface area (Å²) in [5, 5.41) is 0. The fourth-order valence-electron chi connectivity index (χ4n) is 2.62. The lowest BCUT2D eigenvalue weighted by Crippen LogP contribution is -2.39. The number of allylic oxidation sites excluding steroid dienone is 2. The molecule has 1 aliphatic carbocycles. The van der Waals surface area contributed by atoms with Crippen molar-refractivity contribution < 1.29 is 0 Å². The fourth-order valence-corrected chi connectivity index (χ4v) is 3.76. The van der Waals surface area contributed by atoms with Gasteiger partial charge in [-0.15, -0.1) is 0 Å². The molecule has 0 bridgehead atoms. The van der Waals surface area contributed by atoms with Crippen LogP contribution < -0.4 is 10.6 Å². The van der Waals surface area contributed by atoms with Crippen LogP contribution >= 0.6 is 11.8 Å². The maximum Gasteiger partial charge on any atom is 0.0788 e. The van der Waals surface area contributed by atoms with Gasteiger partial charge in [-0.1, -0.05) is 41.6 Å². The maximum atomic E-state index is 5.69. The van der Waals surface area contributed by atoms with Crippen molar-refractivity contribution in [1.29, 1.82) is 0 Å². The number of anilines is 1. The highest BCUT2D eigenvalue weighted by atomic mass is 32.2. The van der Waals surface area contributed by atoms with Gasteiger partial charge in [0.2, 0.25) is 0 Å². The SMILES string of the molecule is CC1=CC2C(=C[CH]1)Sc1ccccc1N2CCCN. The van der Waals surface area contributed by atoms with E-state index in [0.29, 0.717) is 6.04 Å². The van der Waals surface area contributed by atoms with Crippen LogP contribution in [0.4, 0.5) is 5.69 Å². The molecule has 0 spiro atoms. The summed E-state index contributed by atoms with van der Waals surface area (Å²) in [4.78, 5) is 5.26. The highest BCUT2D eigenvalue weighted by Gasteiger charge is 2.30. The summed E-state index contributed by atoms with van der Waals surface area (Å²) in [5.74, 6) is 0. The van der Waals surface area contributed by atoms with Gasteiger partial charge in [-0.2, -0.15) is 0 Å². The maximum absolute atomic E-state index is 5.69. The average Bonchev–Trinajstić information content (AvgIpc) is 2.44. The zero-order chi connectivity index (χ0) is 13.2. The minimum absolute atomic E-state index is 0.386. The zero-order valence-corrected chi connectivity index (χ0v) is 12.0. The van der Waals surface area contributed by atoms with Crippen LogP contribution in [0.5, 0.6) is 0 Å². The Hall–Kier alpha value is -1.19. The number of benzene rings is 1. The molecule has 1 aromatic carbocycles. The van der Waals surface area contributed by atoms with Crippen LogP contribution in [0.3, 0.4) is 0 Å². The zero-order valence-electron chi connectivity index (χ0n) is 11.2. The molecule has 0 saturated carbocycles. The minimum atomic E-state index is 0.386. The minimum Gasteiger partial charge on any atom is -0.359 e. The Morgan fingerprint density at radius 3 is 3.00 bits per heavy atom. The molecular weight excluding hydrogens is 252 g/mol. The molecule has 3 heteroatoms. The molecule has 1 atom stereocenters. The third-order valence-electron chi connectivity index (χ3n) is 3.56. The van der Waals surface area contributed by atoms with Crippen molar-refractivity contribution in [2.45, 2.75) is 24.3 Å². The van der Waals surface area contributed by atoms with E-state index in [-0.39, 0.29) is 0 Å². The van der Waals surface area contributed by atoms with E-state index in [1.807, 2.05) is 11.8 Å². The third kappa shape index (κ3) is 2.45. The van der Waals surface area contributed by atoms with E-state index in [0.717, 1.165) is 19.5 Å². The summed E-state index contributed by atoms with van der Waals surface area (Å²) in [6.07, 6.45) is 7.85. The van der Waals surface area contributed by atoms with Crippen LogP contribution in [0.25, 0.3) is 0 Å². The van der Waals surface area contributed by atoms with Gasteiger partial charge in [0.05, 0.1) is 11.7 Å². The van der Waals surface area contributed by atoms with Gasteiger partial charge < -0.3 is 10.6 Å². The van der Waals surface area contributed by atoms with Gasteiger partial charge in [-0.05, 0) is 32.0 Å². The first-order valence-corrected chi connectivity index (χ1v) is 7.58. The molecule has 0 amide bonds. The van der Waals surface area contributed by atoms with Gasteiger partial charge in [0.1, 0.15) is 0 Å². The summed E-state index contributed by atoms with van der Waals surface area (Å²) in [5.41, 5.74) is 8.37. The number of nitrogens with two attached hydrogens (primary N) is 1. The molecule has 19 heavy (non-hydrogen) atoms. The molecule has 2 aliphatic rings. The van der Waals surface area contributed by atoms with Crippen LogP contribution in [0, 0.1) is 6.42 Å². The van der Waals surface area contributed by atoms with Crippen molar-refractivity contribution >= 4 is 17.4 Å². The first kappa shape index (κ1) is 12.8. The predicted octanol–water partition coefficient (Wildman–Crippen LogP) is 3.36. The topological polar surface area (TPSA) is 29.3 Å². The van der Waals surface area contributed by atoms with E-state index in [4.69, 9.17) is 5.73 Å². The third-order valence-corrected chi connectivity index (χ3v) is 4.74. The van der Waals surface area contributed by atoms with E-state index in [9.17, 15) is 0 Å². The molecule has 0 aromatic heterocycles. The van der Waals surface area contributed by atoms with Crippen LogP contribution in [0.2, 0.25) is 0 Å². The first-order valence-electron chi connectivity index (χ1n) is 6.76. The summed E-state index contributed by atoms with van der Waals surface area (Å²) in [6, 6.07) is 9.04. The summed E-state index contributed by atoms with van der Waals surface area (Å²) >= 11 is 1.89. The monoisotopic (exact) mass is 271 g/mol. The molecule has 2 nitrogen and oxygen atoms in total. The summed E-state index contributed by atoms with van der Waals surface area (Å²) < 4.78 is 0. The summed E-state index contributed by atoms with van der Waals surface area (Å²) in [6.45, 7) is 3.92. The van der Waals surface area contributed by atoms with E-state index in [2.05, 4.69) is 54.7 Å². The highest BCUT2D eigenvalue weighted by Crippen LogP contribution is 2.46. The molecule has 1 aromatic rings. The van der Waals surface area contributed by atoms with E-state index in [1.54, 1.807) is 0 Å². The van der Waals surface area contributed by atoms with Crippen molar-refractivity contribution in [2.75, 3.05) is 18.0 Å². The van der Waals surface area contributed by atoms with Gasteiger partial charge in [0.25, 0.3) is 0 Å². The lowest BCUT2D eigenvalue weighted by atomic mass is 10.0. The van der Waals surface area contributed by atoms with Crippen molar-refractivity contribution in [1.82, 2.24) is 0 Å². The molecule has 1 aliphatic heterocycles. The van der Waals surface area contributed by atoms with Crippen molar-refractivity contribution in [3.63, 3.8) is 0 Å². The standard InChI is InChI=1S/C16H19N2S/c1-12-7-8-16-14(11-12)18(10-4-9-17)13-5-2-3-6-15(13)19-16/h2-3,5-8,11,14H,4,9-10,17H2,1H3. The first-order chi connectivity index (χ1) is 9.29. The highest BCUT2D eigenvalue weighted by molar-refractivity contribution is 8.03. The number of fused-ring (bicyclic) bond motifs is 2. The van der Waals surface area contributed by atoms with E-state index >= 15 is 0 Å². The molecule has 1 radical (unpaired) electrons. The van der Waals surface area contributed by atoms with Gasteiger partial charge in [0, 0.05) is 22.8 Å². The van der Waals surface area contributed by atoms with Crippen molar-refractivity contribution in [3.05, 3.63) is 53.3 Å².